The zero-order chi connectivity index (χ0) is 20.8. The molecule has 5 rings (SSSR count). The van der Waals surface area contributed by atoms with E-state index in [9.17, 15) is 19.2 Å². The molecule has 0 fully saturated rings. The summed E-state index contributed by atoms with van der Waals surface area (Å²) < 4.78 is 1.53. The number of fused-ring (bicyclic) bond motifs is 2. The fourth-order valence-corrected chi connectivity index (χ4v) is 4.76. The van der Waals surface area contributed by atoms with E-state index in [1.54, 1.807) is 0 Å². The molecule has 0 spiro atoms. The molecule has 2 aliphatic rings. The molecule has 0 bridgehead atoms. The molecule has 0 saturated carbocycles. The number of rotatable bonds is 4. The molecule has 31 heavy (non-hydrogen) atoms. The van der Waals surface area contributed by atoms with Gasteiger partial charge in [-0.1, -0.05) is 30.0 Å². The quantitative estimate of drug-likeness (QED) is 0.249. The van der Waals surface area contributed by atoms with Crippen molar-refractivity contribution in [2.75, 3.05) is 17.2 Å². The fraction of sp³-hybridized carbons (Fsp3) is 0.286. The van der Waals surface area contributed by atoms with Gasteiger partial charge in [-0.25, -0.2) is 4.98 Å². The first-order valence-electron chi connectivity index (χ1n) is 9.60. The zero-order valence-corrected chi connectivity index (χ0v) is 18.3. The van der Waals surface area contributed by atoms with Crippen LogP contribution in [0.5, 0.6) is 0 Å². The average Bonchev–Trinajstić information content (AvgIpc) is 3.25. The number of amides is 1. The molecule has 0 atom stereocenters. The molecule has 1 N–H and O–H groups in total. The normalized spacial score (nSPS) is 14.6. The number of anilines is 1. The minimum absolute atomic E-state index is 0. The topological polar surface area (TPSA) is 101 Å². The van der Waals surface area contributed by atoms with E-state index in [0.717, 1.165) is 23.3 Å². The molecule has 1 amide bonds. The third-order valence-electron chi connectivity index (χ3n) is 5.51. The van der Waals surface area contributed by atoms with Gasteiger partial charge in [-0.2, -0.15) is 0 Å². The minimum atomic E-state index is -0.567. The van der Waals surface area contributed by atoms with Crippen LogP contribution in [0.1, 0.15) is 27.0 Å². The van der Waals surface area contributed by atoms with Crippen LogP contribution in [-0.2, 0) is 43.1 Å². The minimum Gasteiger partial charge on any atom is -0.385 e. The second-order valence-corrected chi connectivity index (χ2v) is 8.41. The molecule has 2 aromatic carbocycles. The second-order valence-electron chi connectivity index (χ2n) is 7.35. The van der Waals surface area contributed by atoms with Gasteiger partial charge in [0.1, 0.15) is 16.4 Å². The second kappa shape index (κ2) is 8.45. The molecule has 0 saturated heterocycles. The largest absolute Gasteiger partial charge is 0.385 e. The predicted molar refractivity (Wildman–Crippen MR) is 112 cm³/mol. The monoisotopic (exact) mass is 476 g/mol. The number of aromatic nitrogens is 2. The van der Waals surface area contributed by atoms with Gasteiger partial charge in [0.25, 0.3) is 11.5 Å². The van der Waals surface area contributed by atoms with Crippen molar-refractivity contribution in [1.82, 2.24) is 14.9 Å². The van der Waals surface area contributed by atoms with Crippen LogP contribution < -0.4 is 26.6 Å². The molecule has 3 aromatic rings. The molecule has 2 aliphatic heterocycles. The van der Waals surface area contributed by atoms with E-state index >= 15 is 0 Å². The molecular weight excluding hydrogens is 459 g/mol. The van der Waals surface area contributed by atoms with Crippen LogP contribution in [0, 0.1) is 6.07 Å². The first-order chi connectivity index (χ1) is 14.5. The summed E-state index contributed by atoms with van der Waals surface area (Å²) in [7, 11) is 0. The van der Waals surface area contributed by atoms with Crippen molar-refractivity contribution in [1.29, 1.82) is 0 Å². The SMILES string of the molecule is O=C(NCc1ccc2c(c1)CN(c1[c-]c(=O)c1=O)CC2)c1cnc2n(c1=O)CCS2.[Mn]. The van der Waals surface area contributed by atoms with E-state index in [-0.39, 0.29) is 34.7 Å². The van der Waals surface area contributed by atoms with Crippen LogP contribution in [-0.4, -0.2) is 27.8 Å². The summed E-state index contributed by atoms with van der Waals surface area (Å²) in [5, 5.41) is 3.44. The van der Waals surface area contributed by atoms with Crippen LogP contribution in [0.3, 0.4) is 0 Å². The summed E-state index contributed by atoms with van der Waals surface area (Å²) in [5.41, 5.74) is 2.16. The summed E-state index contributed by atoms with van der Waals surface area (Å²) in [5.74, 6) is 0.339. The number of nitrogens with zero attached hydrogens (tertiary/aromatic N) is 3. The molecule has 3 heterocycles. The standard InChI is InChI=1S/C21H17N4O4S.Mn/c26-17-8-16(18(17)27)24-4-3-13-2-1-12(7-14(13)11-24)9-22-19(28)15-10-23-21-25(20(15)29)5-6-30-21;/h1-2,7,10H,3-6,9,11H2,(H,22,28);/q-1;. The Morgan fingerprint density at radius 2 is 2.03 bits per heavy atom. The van der Waals surface area contributed by atoms with E-state index in [1.807, 2.05) is 23.1 Å². The Balaban J connectivity index is 0.00000231. The van der Waals surface area contributed by atoms with Gasteiger partial charge in [0.2, 0.25) is 0 Å². The number of hydrogen-bond acceptors (Lipinski definition) is 7. The van der Waals surface area contributed by atoms with Gasteiger partial charge in [-0.3, -0.25) is 14.2 Å². The van der Waals surface area contributed by atoms with Gasteiger partial charge in [-0.15, -0.1) is 6.07 Å². The van der Waals surface area contributed by atoms with E-state index in [1.165, 1.54) is 28.1 Å². The van der Waals surface area contributed by atoms with Crippen LogP contribution >= 0.6 is 11.8 Å². The summed E-state index contributed by atoms with van der Waals surface area (Å²) in [6.07, 6.45) is 2.11. The first-order valence-corrected chi connectivity index (χ1v) is 10.6. The number of carbonyl (C=O) groups excluding carboxylic acids is 1. The molecule has 10 heteroatoms. The number of benzene rings is 1. The van der Waals surface area contributed by atoms with E-state index < -0.39 is 16.8 Å². The molecule has 1 radical (unpaired) electrons. The van der Waals surface area contributed by atoms with Crippen LogP contribution in [0.15, 0.2) is 43.9 Å². The Morgan fingerprint density at radius 1 is 1.19 bits per heavy atom. The zero-order valence-electron chi connectivity index (χ0n) is 16.3. The Kier molecular flexibility index (Phi) is 5.87. The first kappa shape index (κ1) is 21.5. The summed E-state index contributed by atoms with van der Waals surface area (Å²) in [4.78, 5) is 53.9. The van der Waals surface area contributed by atoms with Gasteiger partial charge < -0.3 is 19.8 Å². The van der Waals surface area contributed by atoms with Crippen molar-refractivity contribution in [3.05, 3.63) is 83.5 Å². The third kappa shape index (κ3) is 3.86. The van der Waals surface area contributed by atoms with Crippen LogP contribution in [0.25, 0.3) is 0 Å². The molecule has 0 unspecified atom stereocenters. The number of thioether (sulfide) groups is 1. The van der Waals surface area contributed by atoms with Gasteiger partial charge in [-0.05, 0) is 28.8 Å². The van der Waals surface area contributed by atoms with Gasteiger partial charge >= 0.3 is 0 Å². The molecule has 8 nitrogen and oxygen atoms in total. The molecule has 1 aromatic heterocycles. The van der Waals surface area contributed by atoms with Crippen LogP contribution in [0.4, 0.5) is 5.69 Å². The number of hydrogen-bond donors (Lipinski definition) is 1. The molecule has 0 aliphatic carbocycles. The van der Waals surface area contributed by atoms with Crippen molar-refractivity contribution < 1.29 is 21.9 Å². The Hall–Kier alpha value is -2.68. The molecular formula is C21H17MnN4O4S-. The smallest absolute Gasteiger partial charge is 0.267 e. The summed E-state index contributed by atoms with van der Waals surface area (Å²) in [6, 6.07) is 8.49. The maximum Gasteiger partial charge on any atom is 0.267 e. The summed E-state index contributed by atoms with van der Waals surface area (Å²) in [6.45, 7) is 2.02. The predicted octanol–water partition coefficient (Wildman–Crippen LogP) is 0.235. The maximum absolute atomic E-state index is 12.5. The van der Waals surface area contributed by atoms with Crippen molar-refractivity contribution in [2.45, 2.75) is 31.2 Å². The maximum atomic E-state index is 12.5. The Bertz CT molecular complexity index is 1310. The van der Waals surface area contributed by atoms with E-state index in [2.05, 4.69) is 16.4 Å². The van der Waals surface area contributed by atoms with Gasteiger partial charge in [0, 0.05) is 55.2 Å². The van der Waals surface area contributed by atoms with Gasteiger partial charge in [0.05, 0.1) is 0 Å². The van der Waals surface area contributed by atoms with E-state index in [4.69, 9.17) is 0 Å². The van der Waals surface area contributed by atoms with Gasteiger partial charge in [0.15, 0.2) is 5.16 Å². The Labute approximate surface area is 191 Å². The van der Waals surface area contributed by atoms with E-state index in [0.29, 0.717) is 30.5 Å². The van der Waals surface area contributed by atoms with Crippen molar-refractivity contribution >= 4 is 23.4 Å². The Morgan fingerprint density at radius 3 is 2.81 bits per heavy atom. The van der Waals surface area contributed by atoms with Crippen molar-refractivity contribution in [2.24, 2.45) is 0 Å². The number of carbonyl (C=O) groups is 1. The van der Waals surface area contributed by atoms with Crippen LogP contribution in [0.2, 0.25) is 0 Å². The number of nitrogens with one attached hydrogen (secondary N) is 1. The summed E-state index contributed by atoms with van der Waals surface area (Å²) >= 11 is 1.50. The van der Waals surface area contributed by atoms with Crippen molar-refractivity contribution in [3.8, 4) is 0 Å². The third-order valence-corrected chi connectivity index (χ3v) is 6.48. The molecule has 159 valence electrons. The van der Waals surface area contributed by atoms with Crippen molar-refractivity contribution in [3.63, 3.8) is 0 Å². The fourth-order valence-electron chi connectivity index (χ4n) is 3.85. The average molecular weight is 476 g/mol.